The van der Waals surface area contributed by atoms with Crippen molar-refractivity contribution in [1.29, 1.82) is 0 Å². The van der Waals surface area contributed by atoms with Gasteiger partial charge < -0.3 is 0 Å². The normalized spacial score (nSPS) is 12.7. The number of nitrogens with one attached hydrogen (secondary N) is 1. The maximum Gasteiger partial charge on any atom is 0.0847 e. The predicted octanol–water partition coefficient (Wildman–Crippen LogP) is 1.83. The molecule has 0 aromatic carbocycles. The van der Waals surface area contributed by atoms with Crippen LogP contribution in [0.4, 0.5) is 0 Å². The molecule has 2 aromatic heterocycles. The molecular weight excluding hydrogens is 262 g/mol. The van der Waals surface area contributed by atoms with Crippen molar-refractivity contribution in [1.82, 2.24) is 20.2 Å². The second-order valence-electron chi connectivity index (χ2n) is 4.57. The molecule has 2 heterocycles. The van der Waals surface area contributed by atoms with Gasteiger partial charge in [-0.05, 0) is 25.5 Å². The summed E-state index contributed by atoms with van der Waals surface area (Å²) in [7, 11) is 1.89. The topological polar surface area (TPSA) is 68.8 Å². The van der Waals surface area contributed by atoms with Crippen LogP contribution in [0.2, 0.25) is 5.02 Å². The lowest BCUT2D eigenvalue weighted by molar-refractivity contribution is 0.526. The average Bonchev–Trinajstić information content (AvgIpc) is 2.63. The van der Waals surface area contributed by atoms with Crippen molar-refractivity contribution in [2.24, 2.45) is 12.9 Å². The van der Waals surface area contributed by atoms with Gasteiger partial charge in [-0.3, -0.25) is 20.9 Å². The molecule has 6 heteroatoms. The van der Waals surface area contributed by atoms with Gasteiger partial charge in [0.05, 0.1) is 22.5 Å². The minimum absolute atomic E-state index is 0.0407. The van der Waals surface area contributed by atoms with Crippen molar-refractivity contribution in [2.45, 2.75) is 26.3 Å². The number of nitrogens with two attached hydrogens (primary N) is 1. The van der Waals surface area contributed by atoms with Crippen molar-refractivity contribution in [2.75, 3.05) is 0 Å². The fraction of sp³-hybridized carbons (Fsp3) is 0.385. The van der Waals surface area contributed by atoms with Crippen LogP contribution in [0.5, 0.6) is 0 Å². The fourth-order valence-corrected chi connectivity index (χ4v) is 2.46. The van der Waals surface area contributed by atoms with Gasteiger partial charge in [0.2, 0.25) is 0 Å². The molecule has 2 rings (SSSR count). The van der Waals surface area contributed by atoms with Crippen LogP contribution in [-0.4, -0.2) is 14.8 Å². The fourth-order valence-electron chi connectivity index (χ4n) is 2.22. The van der Waals surface area contributed by atoms with E-state index in [0.29, 0.717) is 11.4 Å². The third-order valence-corrected chi connectivity index (χ3v) is 3.78. The summed E-state index contributed by atoms with van der Waals surface area (Å²) in [6.45, 7) is 3.86. The van der Waals surface area contributed by atoms with Gasteiger partial charge in [0.1, 0.15) is 0 Å². The van der Waals surface area contributed by atoms with Gasteiger partial charge >= 0.3 is 0 Å². The number of hydrogen-bond donors (Lipinski definition) is 2. The Kier molecular flexibility index (Phi) is 4.19. The number of aryl methyl sites for hydroxylation is 3. The molecule has 0 bridgehead atoms. The third kappa shape index (κ3) is 2.78. The van der Waals surface area contributed by atoms with E-state index < -0.39 is 0 Å². The highest BCUT2D eigenvalue weighted by Gasteiger charge is 2.19. The molecule has 3 N–H and O–H groups in total. The number of rotatable bonds is 4. The van der Waals surface area contributed by atoms with Gasteiger partial charge in [-0.15, -0.1) is 0 Å². The van der Waals surface area contributed by atoms with Crippen molar-refractivity contribution in [3.8, 4) is 0 Å². The van der Waals surface area contributed by atoms with E-state index in [1.54, 1.807) is 10.9 Å². The average molecular weight is 280 g/mol. The third-order valence-electron chi connectivity index (χ3n) is 3.28. The summed E-state index contributed by atoms with van der Waals surface area (Å²) in [6.07, 6.45) is 2.44. The van der Waals surface area contributed by atoms with Crippen molar-refractivity contribution in [3.05, 3.63) is 46.0 Å². The maximum absolute atomic E-state index is 6.27. The minimum atomic E-state index is -0.0407. The Bertz CT molecular complexity index is 578. The second-order valence-corrected chi connectivity index (χ2v) is 4.95. The maximum atomic E-state index is 6.27. The van der Waals surface area contributed by atoms with Gasteiger partial charge in [0.25, 0.3) is 0 Å². The van der Waals surface area contributed by atoms with E-state index in [0.717, 1.165) is 22.6 Å². The van der Waals surface area contributed by atoms with Crippen molar-refractivity contribution < 1.29 is 0 Å². The highest BCUT2D eigenvalue weighted by Crippen LogP contribution is 2.26. The summed E-state index contributed by atoms with van der Waals surface area (Å²) >= 11 is 6.27. The molecule has 2 aromatic rings. The summed E-state index contributed by atoms with van der Waals surface area (Å²) in [6, 6.07) is 3.88. The quantitative estimate of drug-likeness (QED) is 0.662. The minimum Gasteiger partial charge on any atom is -0.271 e. The lowest BCUT2D eigenvalue weighted by Crippen LogP contribution is -2.30. The molecule has 0 fully saturated rings. The molecule has 19 heavy (non-hydrogen) atoms. The van der Waals surface area contributed by atoms with Gasteiger partial charge in [0.15, 0.2) is 0 Å². The lowest BCUT2D eigenvalue weighted by atomic mass is 10.0. The first-order chi connectivity index (χ1) is 9.04. The molecule has 0 saturated carbocycles. The summed E-state index contributed by atoms with van der Waals surface area (Å²) in [4.78, 5) is 4.29. The van der Waals surface area contributed by atoms with Gasteiger partial charge in [-0.1, -0.05) is 17.7 Å². The van der Waals surface area contributed by atoms with Crippen LogP contribution < -0.4 is 11.3 Å². The summed E-state index contributed by atoms with van der Waals surface area (Å²) < 4.78 is 1.80. The van der Waals surface area contributed by atoms with Crippen molar-refractivity contribution >= 4 is 11.6 Å². The number of aromatic nitrogens is 3. The van der Waals surface area contributed by atoms with E-state index in [1.165, 1.54) is 0 Å². The van der Waals surface area contributed by atoms with Crippen LogP contribution in [0.3, 0.4) is 0 Å². The monoisotopic (exact) mass is 279 g/mol. The molecular formula is C13H18ClN5. The van der Waals surface area contributed by atoms with E-state index >= 15 is 0 Å². The van der Waals surface area contributed by atoms with Crippen LogP contribution in [0.15, 0.2) is 18.3 Å². The Morgan fingerprint density at radius 1 is 1.42 bits per heavy atom. The first-order valence-corrected chi connectivity index (χ1v) is 6.48. The van der Waals surface area contributed by atoms with E-state index in [1.807, 2.05) is 33.0 Å². The molecule has 0 radical (unpaired) electrons. The van der Waals surface area contributed by atoms with Gasteiger partial charge in [-0.25, -0.2) is 0 Å². The Morgan fingerprint density at radius 3 is 2.68 bits per heavy atom. The van der Waals surface area contributed by atoms with E-state index in [-0.39, 0.29) is 6.04 Å². The Morgan fingerprint density at radius 2 is 2.16 bits per heavy atom. The molecule has 0 aliphatic rings. The molecule has 0 aliphatic heterocycles. The first-order valence-electron chi connectivity index (χ1n) is 6.10. The zero-order chi connectivity index (χ0) is 14.0. The molecule has 5 nitrogen and oxygen atoms in total. The summed E-state index contributed by atoms with van der Waals surface area (Å²) in [5, 5.41) is 5.01. The van der Waals surface area contributed by atoms with E-state index in [4.69, 9.17) is 17.4 Å². The van der Waals surface area contributed by atoms with E-state index in [9.17, 15) is 0 Å². The van der Waals surface area contributed by atoms with Gasteiger partial charge in [-0.2, -0.15) is 5.10 Å². The SMILES string of the molecule is Cc1ncccc1C(Cc1c(Cl)c(C)nn1C)NN. The first kappa shape index (κ1) is 14.0. The Balaban J connectivity index is 2.32. The Hall–Kier alpha value is -1.43. The molecule has 1 atom stereocenters. The van der Waals surface area contributed by atoms with Crippen LogP contribution in [-0.2, 0) is 13.5 Å². The highest BCUT2D eigenvalue weighted by molar-refractivity contribution is 6.31. The zero-order valence-electron chi connectivity index (χ0n) is 11.3. The number of hydrogen-bond acceptors (Lipinski definition) is 4. The highest BCUT2D eigenvalue weighted by atomic mass is 35.5. The van der Waals surface area contributed by atoms with Crippen molar-refractivity contribution in [3.63, 3.8) is 0 Å². The molecule has 0 amide bonds. The number of hydrazine groups is 1. The van der Waals surface area contributed by atoms with E-state index in [2.05, 4.69) is 15.5 Å². The van der Waals surface area contributed by atoms with Crippen LogP contribution in [0.1, 0.15) is 28.7 Å². The molecule has 1 unspecified atom stereocenters. The van der Waals surface area contributed by atoms with Crippen LogP contribution in [0.25, 0.3) is 0 Å². The van der Waals surface area contributed by atoms with Crippen LogP contribution in [0, 0.1) is 13.8 Å². The second kappa shape index (κ2) is 5.69. The standard InChI is InChI=1S/C13H18ClN5/c1-8-10(5-4-6-16-8)11(17-15)7-12-13(14)9(2)18-19(12)3/h4-6,11,17H,7,15H2,1-3H3. The molecule has 0 spiro atoms. The summed E-state index contributed by atoms with van der Waals surface area (Å²) in [5.41, 5.74) is 6.65. The smallest absolute Gasteiger partial charge is 0.0847 e. The Labute approximate surface area is 117 Å². The van der Waals surface area contributed by atoms with Gasteiger partial charge in [0, 0.05) is 25.4 Å². The largest absolute Gasteiger partial charge is 0.271 e. The van der Waals surface area contributed by atoms with Crippen LogP contribution >= 0.6 is 11.6 Å². The summed E-state index contributed by atoms with van der Waals surface area (Å²) in [5.74, 6) is 5.68. The number of halogens is 1. The lowest BCUT2D eigenvalue weighted by Gasteiger charge is -2.18. The molecule has 0 aliphatic carbocycles. The molecule has 102 valence electrons. The number of nitrogens with zero attached hydrogens (tertiary/aromatic N) is 3. The zero-order valence-corrected chi connectivity index (χ0v) is 12.1. The molecule has 0 saturated heterocycles. The number of pyridine rings is 1. The predicted molar refractivity (Wildman–Crippen MR) is 75.7 cm³/mol.